The van der Waals surface area contributed by atoms with Crippen LogP contribution in [0.25, 0.3) is 0 Å². The van der Waals surface area contributed by atoms with Gasteiger partial charge in [-0.15, -0.1) is 0 Å². The van der Waals surface area contributed by atoms with E-state index in [1.54, 1.807) is 0 Å². The molecule has 0 heterocycles. The molecule has 3 heteroatoms. The number of aryl methyl sites for hydroxylation is 1. The molecule has 0 fully saturated rings. The number of aliphatic hydroxyl groups is 1. The summed E-state index contributed by atoms with van der Waals surface area (Å²) in [6.07, 6.45) is 4.54. The largest absolute Gasteiger partial charge is 0.390 e. The third-order valence-corrected chi connectivity index (χ3v) is 4.04. The number of alkyl halides is 1. The summed E-state index contributed by atoms with van der Waals surface area (Å²) in [5.74, 6) is 0. The van der Waals surface area contributed by atoms with Crippen molar-refractivity contribution in [3.05, 3.63) is 35.4 Å². The Kier molecular flexibility index (Phi) is 7.91. The van der Waals surface area contributed by atoms with Crippen LogP contribution in [0.5, 0.6) is 0 Å². The lowest BCUT2D eigenvalue weighted by atomic mass is 9.86. The van der Waals surface area contributed by atoms with E-state index in [4.69, 9.17) is 5.73 Å². The van der Waals surface area contributed by atoms with Crippen molar-refractivity contribution >= 4 is 0 Å². The predicted octanol–water partition coefficient (Wildman–Crippen LogP) is 4.31. The van der Waals surface area contributed by atoms with Crippen molar-refractivity contribution in [1.29, 1.82) is 0 Å². The van der Waals surface area contributed by atoms with E-state index in [0.29, 0.717) is 18.5 Å². The second-order valence-corrected chi connectivity index (χ2v) is 6.01. The first-order valence-corrected chi connectivity index (χ1v) is 8.20. The number of rotatable bonds is 10. The summed E-state index contributed by atoms with van der Waals surface area (Å²) in [6, 6.07) is 7.64. The molecular formula is C18H30FNO. The second-order valence-electron chi connectivity index (χ2n) is 6.01. The van der Waals surface area contributed by atoms with Crippen LogP contribution in [0.2, 0.25) is 0 Å². The molecule has 0 saturated carbocycles. The van der Waals surface area contributed by atoms with Gasteiger partial charge in [0.15, 0.2) is 0 Å². The molecule has 0 amide bonds. The molecule has 1 aromatic rings. The molecule has 3 N–H and O–H groups in total. The average molecular weight is 295 g/mol. The van der Waals surface area contributed by atoms with Crippen molar-refractivity contribution in [3.63, 3.8) is 0 Å². The molecule has 1 atom stereocenters. The SMILES string of the molecule is CCCC(O)(CCC)CCc1cccc(C(F)CCN)c1. The molecule has 21 heavy (non-hydrogen) atoms. The van der Waals surface area contributed by atoms with Crippen LogP contribution in [0.3, 0.4) is 0 Å². The van der Waals surface area contributed by atoms with E-state index in [9.17, 15) is 9.50 Å². The highest BCUT2D eigenvalue weighted by Gasteiger charge is 2.24. The van der Waals surface area contributed by atoms with Crippen molar-refractivity contribution < 1.29 is 9.50 Å². The molecule has 1 rings (SSSR count). The topological polar surface area (TPSA) is 46.2 Å². The quantitative estimate of drug-likeness (QED) is 0.675. The van der Waals surface area contributed by atoms with Gasteiger partial charge < -0.3 is 10.8 Å². The Balaban J connectivity index is 2.67. The molecule has 0 spiro atoms. The summed E-state index contributed by atoms with van der Waals surface area (Å²) in [5, 5.41) is 10.6. The lowest BCUT2D eigenvalue weighted by molar-refractivity contribution is 0.0132. The van der Waals surface area contributed by atoms with Gasteiger partial charge in [-0.2, -0.15) is 0 Å². The molecule has 0 radical (unpaired) electrons. The van der Waals surface area contributed by atoms with E-state index in [-0.39, 0.29) is 0 Å². The van der Waals surface area contributed by atoms with Crippen molar-refractivity contribution in [1.82, 2.24) is 0 Å². The number of hydrogen-bond acceptors (Lipinski definition) is 2. The van der Waals surface area contributed by atoms with Crippen LogP contribution in [0, 0.1) is 0 Å². The fourth-order valence-electron chi connectivity index (χ4n) is 2.94. The molecule has 0 saturated heterocycles. The van der Waals surface area contributed by atoms with Gasteiger partial charge in [0.05, 0.1) is 5.60 Å². The van der Waals surface area contributed by atoms with E-state index in [2.05, 4.69) is 13.8 Å². The van der Waals surface area contributed by atoms with Gasteiger partial charge in [-0.3, -0.25) is 0 Å². The van der Waals surface area contributed by atoms with Gasteiger partial charge in [-0.05, 0) is 49.8 Å². The zero-order chi connectivity index (χ0) is 15.7. The molecule has 1 aromatic carbocycles. The van der Waals surface area contributed by atoms with Crippen molar-refractivity contribution in [3.8, 4) is 0 Å². The number of nitrogens with two attached hydrogens (primary N) is 1. The van der Waals surface area contributed by atoms with Crippen LogP contribution in [-0.4, -0.2) is 17.3 Å². The van der Waals surface area contributed by atoms with Crippen LogP contribution in [0.15, 0.2) is 24.3 Å². The summed E-state index contributed by atoms with van der Waals surface area (Å²) in [4.78, 5) is 0. The smallest absolute Gasteiger partial charge is 0.126 e. The Morgan fingerprint density at radius 1 is 1.19 bits per heavy atom. The maximum atomic E-state index is 13.9. The molecule has 0 aliphatic heterocycles. The molecule has 0 aliphatic carbocycles. The molecule has 1 unspecified atom stereocenters. The van der Waals surface area contributed by atoms with Gasteiger partial charge in [0, 0.05) is 0 Å². The Morgan fingerprint density at radius 3 is 2.43 bits per heavy atom. The van der Waals surface area contributed by atoms with Crippen molar-refractivity contribution in [2.24, 2.45) is 5.73 Å². The summed E-state index contributed by atoms with van der Waals surface area (Å²) < 4.78 is 13.9. The zero-order valence-electron chi connectivity index (χ0n) is 13.4. The van der Waals surface area contributed by atoms with Crippen LogP contribution in [0.4, 0.5) is 4.39 Å². The minimum Gasteiger partial charge on any atom is -0.390 e. The van der Waals surface area contributed by atoms with E-state index in [1.807, 2.05) is 24.3 Å². The predicted molar refractivity (Wildman–Crippen MR) is 87.0 cm³/mol. The van der Waals surface area contributed by atoms with Crippen LogP contribution >= 0.6 is 0 Å². The standard InChI is InChI=1S/C18H30FNO/c1-3-10-18(21,11-4-2)12-8-15-6-5-7-16(14-15)17(19)9-13-20/h5-7,14,17,21H,3-4,8-13,20H2,1-2H3. The molecule has 0 aliphatic rings. The fraction of sp³-hybridized carbons (Fsp3) is 0.667. The van der Waals surface area contributed by atoms with Crippen molar-refractivity contribution in [2.45, 2.75) is 70.6 Å². The Labute approximate surface area is 128 Å². The van der Waals surface area contributed by atoms with E-state index >= 15 is 0 Å². The molecule has 2 nitrogen and oxygen atoms in total. The van der Waals surface area contributed by atoms with E-state index in [0.717, 1.165) is 44.1 Å². The Morgan fingerprint density at radius 2 is 1.86 bits per heavy atom. The Hall–Kier alpha value is -0.930. The third-order valence-electron chi connectivity index (χ3n) is 4.04. The monoisotopic (exact) mass is 295 g/mol. The van der Waals surface area contributed by atoms with Crippen molar-refractivity contribution in [2.75, 3.05) is 6.54 Å². The maximum absolute atomic E-state index is 13.9. The molecule has 0 bridgehead atoms. The summed E-state index contributed by atoms with van der Waals surface area (Å²) in [7, 11) is 0. The Bertz CT molecular complexity index is 402. The third kappa shape index (κ3) is 6.15. The first kappa shape index (κ1) is 18.1. The van der Waals surface area contributed by atoms with Crippen LogP contribution in [-0.2, 0) is 6.42 Å². The first-order chi connectivity index (χ1) is 10.0. The second kappa shape index (κ2) is 9.16. The minimum atomic E-state index is -0.986. The molecular weight excluding hydrogens is 265 g/mol. The average Bonchev–Trinajstić information content (AvgIpc) is 2.46. The molecule has 120 valence electrons. The van der Waals surface area contributed by atoms with E-state index in [1.165, 1.54) is 0 Å². The lowest BCUT2D eigenvalue weighted by Crippen LogP contribution is -2.28. The normalized spacial score (nSPS) is 13.4. The number of halogens is 1. The van der Waals surface area contributed by atoms with Gasteiger partial charge in [0.25, 0.3) is 0 Å². The van der Waals surface area contributed by atoms with E-state index < -0.39 is 11.8 Å². The highest BCUT2D eigenvalue weighted by Crippen LogP contribution is 2.27. The first-order valence-electron chi connectivity index (χ1n) is 8.20. The van der Waals surface area contributed by atoms with Crippen LogP contribution < -0.4 is 5.73 Å². The maximum Gasteiger partial charge on any atom is 0.126 e. The summed E-state index contributed by atoms with van der Waals surface area (Å²) in [5.41, 5.74) is 6.63. The highest BCUT2D eigenvalue weighted by molar-refractivity contribution is 5.25. The molecule has 0 aromatic heterocycles. The zero-order valence-corrected chi connectivity index (χ0v) is 13.4. The van der Waals surface area contributed by atoms with Gasteiger partial charge in [-0.25, -0.2) is 4.39 Å². The summed E-state index contributed by atoms with van der Waals surface area (Å²) >= 11 is 0. The van der Waals surface area contributed by atoms with Gasteiger partial charge in [0.1, 0.15) is 6.17 Å². The van der Waals surface area contributed by atoms with Crippen LogP contribution in [0.1, 0.15) is 69.7 Å². The van der Waals surface area contributed by atoms with Gasteiger partial charge in [-0.1, -0.05) is 51.0 Å². The number of benzene rings is 1. The van der Waals surface area contributed by atoms with Gasteiger partial charge >= 0.3 is 0 Å². The summed E-state index contributed by atoms with van der Waals surface area (Å²) in [6.45, 7) is 4.56. The number of hydrogen-bond donors (Lipinski definition) is 2. The minimum absolute atomic E-state index is 0.359. The van der Waals surface area contributed by atoms with Gasteiger partial charge in [0.2, 0.25) is 0 Å². The fourth-order valence-corrected chi connectivity index (χ4v) is 2.94. The highest BCUT2D eigenvalue weighted by atomic mass is 19.1. The lowest BCUT2D eigenvalue weighted by Gasteiger charge is -2.27.